The molecule has 0 aliphatic rings. The Morgan fingerprint density at radius 2 is 2.00 bits per heavy atom. The summed E-state index contributed by atoms with van der Waals surface area (Å²) in [5, 5.41) is 11.3. The van der Waals surface area contributed by atoms with Gasteiger partial charge in [-0.2, -0.15) is 0 Å². The van der Waals surface area contributed by atoms with Gasteiger partial charge in [-0.25, -0.2) is 4.98 Å². The molecule has 5 rings (SSSR count). The first kappa shape index (κ1) is 20.9. The van der Waals surface area contributed by atoms with Crippen LogP contribution in [-0.2, 0) is 12.2 Å². The van der Waals surface area contributed by atoms with Crippen molar-refractivity contribution in [2.24, 2.45) is 0 Å². The maximum Gasteiger partial charge on any atom is 0.277 e. The zero-order chi connectivity index (χ0) is 22.1. The summed E-state index contributed by atoms with van der Waals surface area (Å²) < 4.78 is 10.9. The molecule has 4 heterocycles. The lowest BCUT2D eigenvalue weighted by Crippen LogP contribution is -2.10. The third-order valence-electron chi connectivity index (χ3n) is 4.79. The topological polar surface area (TPSA) is 93.9 Å². The summed E-state index contributed by atoms with van der Waals surface area (Å²) in [5.74, 6) is 2.35. The first-order valence-corrected chi connectivity index (χ1v) is 12.4. The number of hydrogen-bond donors (Lipinski definition) is 1. The number of hydrogen-bond acceptors (Lipinski definition) is 9. The number of fused-ring (bicyclic) bond motifs is 1. The van der Waals surface area contributed by atoms with Gasteiger partial charge in [-0.3, -0.25) is 4.79 Å². The van der Waals surface area contributed by atoms with Crippen LogP contribution in [0.1, 0.15) is 22.2 Å². The van der Waals surface area contributed by atoms with Crippen molar-refractivity contribution < 1.29 is 9.15 Å². The first-order chi connectivity index (χ1) is 15.6. The Balaban J connectivity index is 1.29. The summed E-state index contributed by atoms with van der Waals surface area (Å²) in [4.78, 5) is 23.3. The van der Waals surface area contributed by atoms with Gasteiger partial charge >= 0.3 is 0 Å². The van der Waals surface area contributed by atoms with Gasteiger partial charge in [0.25, 0.3) is 10.8 Å². The van der Waals surface area contributed by atoms with Crippen LogP contribution in [0, 0.1) is 6.92 Å². The maximum atomic E-state index is 12.8. The van der Waals surface area contributed by atoms with E-state index in [0.29, 0.717) is 34.5 Å². The summed E-state index contributed by atoms with van der Waals surface area (Å²) >= 11 is 4.50. The van der Waals surface area contributed by atoms with E-state index in [0.717, 1.165) is 26.6 Å². The molecular formula is C22H18N4O3S3. The van der Waals surface area contributed by atoms with Crippen LogP contribution < -0.4 is 10.3 Å². The Kier molecular flexibility index (Phi) is 5.81. The highest BCUT2D eigenvalue weighted by Gasteiger charge is 2.15. The zero-order valence-corrected chi connectivity index (χ0v) is 19.7. The Morgan fingerprint density at radius 1 is 1.16 bits per heavy atom. The second-order valence-corrected chi connectivity index (χ2v) is 10.1. The van der Waals surface area contributed by atoms with Crippen molar-refractivity contribution in [3.63, 3.8) is 0 Å². The van der Waals surface area contributed by atoms with Crippen molar-refractivity contribution >= 4 is 44.7 Å². The molecule has 0 unspecified atom stereocenters. The number of nitrogens with zero attached hydrogens (tertiary/aromatic N) is 3. The van der Waals surface area contributed by atoms with E-state index in [1.54, 1.807) is 18.4 Å². The molecule has 0 aliphatic carbocycles. The lowest BCUT2D eigenvalue weighted by Gasteiger charge is -2.01. The van der Waals surface area contributed by atoms with Crippen LogP contribution in [0.4, 0.5) is 0 Å². The minimum atomic E-state index is -0.126. The number of nitrogens with one attached hydrogen (secondary N) is 1. The molecule has 1 N–H and O–H groups in total. The molecule has 0 saturated heterocycles. The van der Waals surface area contributed by atoms with Gasteiger partial charge < -0.3 is 14.1 Å². The first-order valence-electron chi connectivity index (χ1n) is 9.74. The minimum absolute atomic E-state index is 0.126. The molecule has 162 valence electrons. The van der Waals surface area contributed by atoms with Gasteiger partial charge in [-0.15, -0.1) is 32.9 Å². The highest BCUT2D eigenvalue weighted by molar-refractivity contribution is 7.98. The summed E-state index contributed by atoms with van der Waals surface area (Å²) in [6.07, 6.45) is 0.540. The van der Waals surface area contributed by atoms with E-state index in [2.05, 4.69) is 33.2 Å². The summed E-state index contributed by atoms with van der Waals surface area (Å²) in [7, 11) is 1.64. The predicted molar refractivity (Wildman–Crippen MR) is 128 cm³/mol. The fraction of sp³-hybridized carbons (Fsp3) is 0.182. The van der Waals surface area contributed by atoms with E-state index < -0.39 is 0 Å². The number of ether oxygens (including phenoxy) is 1. The number of aryl methyl sites for hydroxylation is 1. The number of rotatable bonds is 7. The molecule has 0 amide bonds. The third kappa shape index (κ3) is 4.34. The van der Waals surface area contributed by atoms with Gasteiger partial charge in [0.05, 0.1) is 24.7 Å². The van der Waals surface area contributed by atoms with Crippen LogP contribution in [-0.4, -0.2) is 27.3 Å². The molecule has 0 atom stereocenters. The van der Waals surface area contributed by atoms with Crippen molar-refractivity contribution in [1.29, 1.82) is 0 Å². The molecule has 1 aromatic carbocycles. The zero-order valence-electron chi connectivity index (χ0n) is 17.2. The fourth-order valence-electron chi connectivity index (χ4n) is 3.24. The second-order valence-electron chi connectivity index (χ2n) is 7.03. The lowest BCUT2D eigenvalue weighted by atomic mass is 10.1. The summed E-state index contributed by atoms with van der Waals surface area (Å²) in [6, 6.07) is 11.8. The van der Waals surface area contributed by atoms with E-state index >= 15 is 0 Å². The Labute approximate surface area is 195 Å². The predicted octanol–water partition coefficient (Wildman–Crippen LogP) is 5.30. The quantitative estimate of drug-likeness (QED) is 0.315. The van der Waals surface area contributed by atoms with Crippen LogP contribution in [0.3, 0.4) is 0 Å². The molecule has 0 bridgehead atoms. The summed E-state index contributed by atoms with van der Waals surface area (Å²) in [6.45, 7) is 2.06. The molecule has 5 aromatic rings. The van der Waals surface area contributed by atoms with Gasteiger partial charge in [0.2, 0.25) is 5.89 Å². The maximum absolute atomic E-state index is 12.8. The number of methoxy groups -OCH3 is 1. The van der Waals surface area contributed by atoms with Crippen LogP contribution in [0.2, 0.25) is 0 Å². The highest BCUT2D eigenvalue weighted by atomic mass is 32.2. The average Bonchev–Trinajstić information content (AvgIpc) is 3.53. The smallest absolute Gasteiger partial charge is 0.277 e. The number of thioether (sulfide) groups is 1. The Bertz CT molecular complexity index is 1430. The number of H-pyrrole nitrogens is 1. The van der Waals surface area contributed by atoms with Crippen molar-refractivity contribution in [3.8, 4) is 16.2 Å². The van der Waals surface area contributed by atoms with E-state index in [9.17, 15) is 4.79 Å². The van der Waals surface area contributed by atoms with Crippen molar-refractivity contribution in [2.75, 3.05) is 7.11 Å². The van der Waals surface area contributed by atoms with E-state index in [1.165, 1.54) is 28.0 Å². The lowest BCUT2D eigenvalue weighted by molar-refractivity contribution is 0.413. The molecular weight excluding hydrogens is 464 g/mol. The number of aromatic nitrogens is 4. The molecule has 32 heavy (non-hydrogen) atoms. The SMILES string of the molecule is COc1ccc(Cc2nnc(SCc3nc4scc(-c5ccc(C)s5)c4c(=O)[nH]3)o2)cc1. The minimum Gasteiger partial charge on any atom is -0.497 e. The molecule has 0 spiro atoms. The normalized spacial score (nSPS) is 11.3. The molecule has 0 radical (unpaired) electrons. The number of benzene rings is 1. The monoisotopic (exact) mass is 482 g/mol. The fourth-order valence-corrected chi connectivity index (χ4v) is 5.81. The standard InChI is InChI=1S/C22H18N4O3S3/c1-12-3-8-16(32-12)15-10-30-21-19(15)20(27)23-17(24-21)11-31-22-26-25-18(29-22)9-13-4-6-14(28-2)7-5-13/h3-8,10H,9,11H2,1-2H3,(H,23,24,27). The largest absolute Gasteiger partial charge is 0.497 e. The molecule has 0 aliphatic heterocycles. The molecule has 10 heteroatoms. The van der Waals surface area contributed by atoms with Gasteiger partial charge in [0, 0.05) is 20.7 Å². The van der Waals surface area contributed by atoms with E-state index in [1.807, 2.05) is 35.7 Å². The van der Waals surface area contributed by atoms with Gasteiger partial charge in [-0.05, 0) is 36.8 Å². The number of thiophene rings is 2. The number of aromatic amines is 1. The van der Waals surface area contributed by atoms with Gasteiger partial charge in [-0.1, -0.05) is 23.9 Å². The van der Waals surface area contributed by atoms with E-state index in [-0.39, 0.29) is 5.56 Å². The average molecular weight is 483 g/mol. The second kappa shape index (κ2) is 8.89. The van der Waals surface area contributed by atoms with Crippen molar-refractivity contribution in [1.82, 2.24) is 20.2 Å². The summed E-state index contributed by atoms with van der Waals surface area (Å²) in [5.41, 5.74) is 1.87. The van der Waals surface area contributed by atoms with Crippen molar-refractivity contribution in [3.05, 3.63) is 74.3 Å². The molecule has 0 fully saturated rings. The van der Waals surface area contributed by atoms with Crippen LogP contribution in [0.25, 0.3) is 20.7 Å². The van der Waals surface area contributed by atoms with Gasteiger partial charge in [0.1, 0.15) is 16.4 Å². The molecule has 0 saturated carbocycles. The highest BCUT2D eigenvalue weighted by Crippen LogP contribution is 2.35. The van der Waals surface area contributed by atoms with Crippen LogP contribution >= 0.6 is 34.4 Å². The molecule has 4 aromatic heterocycles. The molecule has 7 nitrogen and oxygen atoms in total. The van der Waals surface area contributed by atoms with Crippen LogP contribution in [0.15, 0.2) is 56.2 Å². The van der Waals surface area contributed by atoms with E-state index in [4.69, 9.17) is 9.15 Å². The van der Waals surface area contributed by atoms with Crippen LogP contribution in [0.5, 0.6) is 5.75 Å². The Hall–Kier alpha value is -2.95. The van der Waals surface area contributed by atoms with Crippen molar-refractivity contribution in [2.45, 2.75) is 24.3 Å². The Morgan fingerprint density at radius 3 is 2.75 bits per heavy atom. The van der Waals surface area contributed by atoms with Gasteiger partial charge in [0.15, 0.2) is 0 Å². The third-order valence-corrected chi connectivity index (χ3v) is 7.53.